The first-order valence-electron chi connectivity index (χ1n) is 9.73. The standard InChI is InChI=1S/C23H18N4O3/c28-21(16-8-7-14-4-1-2-5-15(14)12-16)25-26-22(29)17-9-10-18-19(13-17)24-20-6-3-11-27(20)23(18)30/h1-2,4-5,7-10,12-13H,3,6,11H2,(H,25,28)(H,26,29). The Morgan fingerprint density at radius 2 is 1.57 bits per heavy atom. The summed E-state index contributed by atoms with van der Waals surface area (Å²) < 4.78 is 1.69. The molecule has 0 radical (unpaired) electrons. The van der Waals surface area contributed by atoms with Crippen molar-refractivity contribution in [2.45, 2.75) is 19.4 Å². The predicted molar refractivity (Wildman–Crippen MR) is 113 cm³/mol. The number of amides is 2. The Hall–Kier alpha value is -4.00. The van der Waals surface area contributed by atoms with Crippen molar-refractivity contribution in [1.82, 2.24) is 20.4 Å². The molecule has 7 heteroatoms. The van der Waals surface area contributed by atoms with E-state index >= 15 is 0 Å². The highest BCUT2D eigenvalue weighted by atomic mass is 16.2. The molecule has 7 nitrogen and oxygen atoms in total. The molecule has 0 unspecified atom stereocenters. The molecule has 1 aliphatic rings. The van der Waals surface area contributed by atoms with Gasteiger partial charge in [0.2, 0.25) is 0 Å². The fourth-order valence-electron chi connectivity index (χ4n) is 3.81. The maximum absolute atomic E-state index is 12.5. The number of aromatic nitrogens is 2. The number of hydrogen-bond acceptors (Lipinski definition) is 4. The predicted octanol–water partition coefficient (Wildman–Crippen LogP) is 2.57. The summed E-state index contributed by atoms with van der Waals surface area (Å²) in [5.41, 5.74) is 6.03. The van der Waals surface area contributed by atoms with Crippen LogP contribution in [-0.4, -0.2) is 21.4 Å². The molecule has 1 aliphatic heterocycles. The molecule has 0 aliphatic carbocycles. The Morgan fingerprint density at radius 3 is 2.37 bits per heavy atom. The fraction of sp³-hybridized carbons (Fsp3) is 0.130. The fourth-order valence-corrected chi connectivity index (χ4v) is 3.81. The maximum atomic E-state index is 12.5. The van der Waals surface area contributed by atoms with Gasteiger partial charge in [-0.25, -0.2) is 4.98 Å². The van der Waals surface area contributed by atoms with Gasteiger partial charge in [-0.15, -0.1) is 0 Å². The molecule has 30 heavy (non-hydrogen) atoms. The number of aryl methyl sites for hydroxylation is 1. The molecule has 0 fully saturated rings. The molecule has 0 saturated heterocycles. The Morgan fingerprint density at radius 1 is 0.867 bits per heavy atom. The minimum atomic E-state index is -0.478. The van der Waals surface area contributed by atoms with E-state index in [1.54, 1.807) is 34.9 Å². The molecule has 0 spiro atoms. The van der Waals surface area contributed by atoms with Crippen LogP contribution in [0.1, 0.15) is 33.0 Å². The van der Waals surface area contributed by atoms with Crippen LogP contribution < -0.4 is 16.4 Å². The highest BCUT2D eigenvalue weighted by Crippen LogP contribution is 2.17. The summed E-state index contributed by atoms with van der Waals surface area (Å²) in [4.78, 5) is 42.0. The first kappa shape index (κ1) is 18.1. The van der Waals surface area contributed by atoms with E-state index in [2.05, 4.69) is 15.8 Å². The molecular formula is C23H18N4O3. The maximum Gasteiger partial charge on any atom is 0.269 e. The number of fused-ring (bicyclic) bond motifs is 3. The minimum Gasteiger partial charge on any atom is -0.296 e. The summed E-state index contributed by atoms with van der Waals surface area (Å²) in [6.07, 6.45) is 1.65. The molecule has 1 aromatic heterocycles. The third kappa shape index (κ3) is 3.10. The summed E-state index contributed by atoms with van der Waals surface area (Å²) in [5.74, 6) is -0.146. The van der Waals surface area contributed by atoms with Crippen LogP contribution in [0.25, 0.3) is 21.7 Å². The van der Waals surface area contributed by atoms with Crippen LogP contribution in [0.5, 0.6) is 0 Å². The second kappa shape index (κ2) is 7.11. The Balaban J connectivity index is 1.34. The molecule has 5 rings (SSSR count). The van der Waals surface area contributed by atoms with Gasteiger partial charge in [0, 0.05) is 24.1 Å². The molecule has 2 N–H and O–H groups in total. The zero-order chi connectivity index (χ0) is 20.7. The van der Waals surface area contributed by atoms with Gasteiger partial charge in [0.05, 0.1) is 10.9 Å². The first-order chi connectivity index (χ1) is 14.6. The number of nitrogens with one attached hydrogen (secondary N) is 2. The van der Waals surface area contributed by atoms with Crippen LogP contribution in [-0.2, 0) is 13.0 Å². The van der Waals surface area contributed by atoms with Crippen LogP contribution in [0.4, 0.5) is 0 Å². The van der Waals surface area contributed by atoms with Gasteiger partial charge in [-0.2, -0.15) is 0 Å². The molecule has 0 saturated carbocycles. The average Bonchev–Trinajstić information content (AvgIpc) is 3.25. The van der Waals surface area contributed by atoms with Crippen molar-refractivity contribution in [1.29, 1.82) is 0 Å². The Bertz CT molecular complexity index is 1390. The van der Waals surface area contributed by atoms with Crippen molar-refractivity contribution in [3.63, 3.8) is 0 Å². The lowest BCUT2D eigenvalue weighted by atomic mass is 10.1. The van der Waals surface area contributed by atoms with Crippen LogP contribution in [0, 0.1) is 0 Å². The highest BCUT2D eigenvalue weighted by Gasteiger charge is 2.17. The van der Waals surface area contributed by atoms with Crippen molar-refractivity contribution in [3.8, 4) is 0 Å². The van der Waals surface area contributed by atoms with Gasteiger partial charge in [-0.1, -0.05) is 30.3 Å². The monoisotopic (exact) mass is 398 g/mol. The van der Waals surface area contributed by atoms with E-state index in [1.807, 2.05) is 30.3 Å². The number of carbonyl (C=O) groups is 2. The second-order valence-corrected chi connectivity index (χ2v) is 7.29. The van der Waals surface area contributed by atoms with Gasteiger partial charge in [0.1, 0.15) is 5.82 Å². The van der Waals surface area contributed by atoms with E-state index in [0.29, 0.717) is 28.6 Å². The van der Waals surface area contributed by atoms with E-state index in [9.17, 15) is 14.4 Å². The lowest BCUT2D eigenvalue weighted by Gasteiger charge is -2.09. The summed E-state index contributed by atoms with van der Waals surface area (Å²) in [7, 11) is 0. The van der Waals surface area contributed by atoms with Gasteiger partial charge in [-0.05, 0) is 47.5 Å². The molecular weight excluding hydrogens is 380 g/mol. The van der Waals surface area contributed by atoms with Crippen LogP contribution >= 0.6 is 0 Å². The molecule has 148 valence electrons. The third-order valence-corrected chi connectivity index (χ3v) is 5.38. The number of nitrogens with zero attached hydrogens (tertiary/aromatic N) is 2. The Kier molecular flexibility index (Phi) is 4.28. The van der Waals surface area contributed by atoms with E-state index in [0.717, 1.165) is 29.4 Å². The molecule has 3 aromatic carbocycles. The van der Waals surface area contributed by atoms with Crippen LogP contribution in [0.15, 0.2) is 65.5 Å². The smallest absolute Gasteiger partial charge is 0.269 e. The molecule has 0 bridgehead atoms. The van der Waals surface area contributed by atoms with Crippen molar-refractivity contribution in [3.05, 3.63) is 88.0 Å². The zero-order valence-corrected chi connectivity index (χ0v) is 16.0. The van der Waals surface area contributed by atoms with Gasteiger partial charge < -0.3 is 0 Å². The normalized spacial score (nSPS) is 12.7. The number of benzene rings is 3. The SMILES string of the molecule is O=C(NNC(=O)c1ccc2c(=O)n3c(nc2c1)CCC3)c1ccc2ccccc2c1. The summed E-state index contributed by atoms with van der Waals surface area (Å²) in [6, 6.07) is 17.8. The van der Waals surface area contributed by atoms with Gasteiger partial charge in [0.15, 0.2) is 0 Å². The Labute approximate surface area is 171 Å². The molecule has 0 atom stereocenters. The van der Waals surface area contributed by atoms with E-state index in [4.69, 9.17) is 0 Å². The van der Waals surface area contributed by atoms with Gasteiger partial charge >= 0.3 is 0 Å². The van der Waals surface area contributed by atoms with Crippen molar-refractivity contribution >= 4 is 33.5 Å². The molecule has 2 amide bonds. The topological polar surface area (TPSA) is 93.1 Å². The number of hydrazine groups is 1. The molecule has 4 aromatic rings. The minimum absolute atomic E-state index is 0.0796. The largest absolute Gasteiger partial charge is 0.296 e. The van der Waals surface area contributed by atoms with E-state index < -0.39 is 11.8 Å². The lowest BCUT2D eigenvalue weighted by molar-refractivity contribution is 0.0847. The van der Waals surface area contributed by atoms with E-state index in [-0.39, 0.29) is 5.56 Å². The van der Waals surface area contributed by atoms with Crippen LogP contribution in [0.3, 0.4) is 0 Å². The number of rotatable bonds is 2. The average molecular weight is 398 g/mol. The van der Waals surface area contributed by atoms with E-state index in [1.165, 1.54) is 0 Å². The number of carbonyl (C=O) groups excluding carboxylic acids is 2. The summed E-state index contributed by atoms with van der Waals surface area (Å²) in [6.45, 7) is 0.681. The first-order valence-corrected chi connectivity index (χ1v) is 9.73. The van der Waals surface area contributed by atoms with Crippen molar-refractivity contribution in [2.75, 3.05) is 0 Å². The molecule has 2 heterocycles. The van der Waals surface area contributed by atoms with Crippen molar-refractivity contribution in [2.24, 2.45) is 0 Å². The second-order valence-electron chi connectivity index (χ2n) is 7.29. The van der Waals surface area contributed by atoms with Crippen molar-refractivity contribution < 1.29 is 9.59 Å². The lowest BCUT2D eigenvalue weighted by Crippen LogP contribution is -2.41. The van der Waals surface area contributed by atoms with Gasteiger partial charge in [0.25, 0.3) is 17.4 Å². The number of hydrogen-bond donors (Lipinski definition) is 2. The summed E-state index contributed by atoms with van der Waals surface area (Å²) >= 11 is 0. The zero-order valence-electron chi connectivity index (χ0n) is 16.0. The quantitative estimate of drug-likeness (QED) is 0.508. The third-order valence-electron chi connectivity index (χ3n) is 5.38. The van der Waals surface area contributed by atoms with Gasteiger partial charge in [-0.3, -0.25) is 29.8 Å². The summed E-state index contributed by atoms with van der Waals surface area (Å²) in [5, 5.41) is 2.46. The highest BCUT2D eigenvalue weighted by molar-refractivity contribution is 6.02. The van der Waals surface area contributed by atoms with Crippen LogP contribution in [0.2, 0.25) is 0 Å².